The van der Waals surface area contributed by atoms with Gasteiger partial charge in [0.1, 0.15) is 0 Å². The van der Waals surface area contributed by atoms with Crippen molar-refractivity contribution in [2.45, 2.75) is 33.2 Å². The first-order valence-corrected chi connectivity index (χ1v) is 12.7. The maximum absolute atomic E-state index is 5.67. The van der Waals surface area contributed by atoms with Crippen LogP contribution >= 0.6 is 20.1 Å². The molecular formula is C28H29N2PS. The van der Waals surface area contributed by atoms with Crippen LogP contribution in [0.2, 0.25) is 0 Å². The van der Waals surface area contributed by atoms with E-state index in [1.165, 1.54) is 32.6 Å². The van der Waals surface area contributed by atoms with Gasteiger partial charge in [-0.2, -0.15) is 0 Å². The first kappa shape index (κ1) is 22.5. The van der Waals surface area contributed by atoms with Gasteiger partial charge in [-0.25, -0.2) is 0 Å². The van der Waals surface area contributed by atoms with E-state index in [1.807, 2.05) is 0 Å². The monoisotopic (exact) mass is 456 g/mol. The molecule has 1 aliphatic carbocycles. The summed E-state index contributed by atoms with van der Waals surface area (Å²) in [6, 6.07) is 28.3. The van der Waals surface area contributed by atoms with Gasteiger partial charge in [-0.15, -0.1) is 0 Å². The third-order valence-electron chi connectivity index (χ3n) is 5.56. The van der Waals surface area contributed by atoms with Gasteiger partial charge in [-0.05, 0) is 92.1 Å². The number of benzene rings is 3. The summed E-state index contributed by atoms with van der Waals surface area (Å²) in [5.74, 6) is 0. The second kappa shape index (κ2) is 10.3. The Morgan fingerprint density at radius 2 is 1.44 bits per heavy atom. The lowest BCUT2D eigenvalue weighted by molar-refractivity contribution is 0.751. The predicted octanol–water partition coefficient (Wildman–Crippen LogP) is 6.33. The van der Waals surface area contributed by atoms with Gasteiger partial charge in [0.15, 0.2) is 5.11 Å². The van der Waals surface area contributed by atoms with Crippen molar-refractivity contribution >= 4 is 41.5 Å². The van der Waals surface area contributed by atoms with Crippen LogP contribution in [0.3, 0.4) is 0 Å². The highest BCUT2D eigenvalue weighted by molar-refractivity contribution is 7.80. The smallest absolute Gasteiger partial charge is 0.171 e. The zero-order chi connectivity index (χ0) is 22.5. The first-order valence-electron chi connectivity index (χ1n) is 11.0. The first-order chi connectivity index (χ1) is 15.5. The molecule has 0 amide bonds. The van der Waals surface area contributed by atoms with Crippen LogP contribution in [0.5, 0.6) is 0 Å². The minimum absolute atomic E-state index is 0.142. The molecule has 32 heavy (non-hydrogen) atoms. The van der Waals surface area contributed by atoms with Crippen LogP contribution in [0.4, 0.5) is 5.69 Å². The van der Waals surface area contributed by atoms with E-state index >= 15 is 0 Å². The Balaban J connectivity index is 1.59. The summed E-state index contributed by atoms with van der Waals surface area (Å²) < 4.78 is 0. The highest BCUT2D eigenvalue weighted by Gasteiger charge is 2.25. The largest absolute Gasteiger partial charge is 0.356 e. The highest BCUT2D eigenvalue weighted by atomic mass is 32.1. The van der Waals surface area contributed by atoms with Gasteiger partial charge in [0.05, 0.1) is 0 Å². The van der Waals surface area contributed by atoms with E-state index < -0.39 is 7.92 Å². The standard InChI is InChI=1S/C28H29N2PS/c1-20-17-21(2)19-23(18-20)30-28(32)29-22(3)26-15-10-16-27(26)31(24-11-6-4-7-12-24)25-13-8-5-9-14-25/h4-14,16-19,22H,15H2,1-3H3,(H2,29,30,32)/t22-/m1/s1. The highest BCUT2D eigenvalue weighted by Crippen LogP contribution is 2.48. The summed E-state index contributed by atoms with van der Waals surface area (Å²) in [4.78, 5) is 0. The maximum Gasteiger partial charge on any atom is 0.171 e. The number of hydrogen-bond acceptors (Lipinski definition) is 1. The van der Waals surface area contributed by atoms with Gasteiger partial charge in [0.25, 0.3) is 0 Å². The summed E-state index contributed by atoms with van der Waals surface area (Å²) in [5, 5.41) is 11.7. The molecule has 1 aliphatic rings. The summed E-state index contributed by atoms with van der Waals surface area (Å²) in [7, 11) is -0.616. The molecule has 4 heteroatoms. The second-order valence-corrected chi connectivity index (χ2v) is 10.8. The van der Waals surface area contributed by atoms with Gasteiger partial charge >= 0.3 is 0 Å². The Hall–Kier alpha value is -2.74. The van der Waals surface area contributed by atoms with Crippen LogP contribution in [0, 0.1) is 13.8 Å². The number of aryl methyl sites for hydroxylation is 2. The molecule has 0 spiro atoms. The Kier molecular flexibility index (Phi) is 7.19. The minimum Gasteiger partial charge on any atom is -0.356 e. The number of thiocarbonyl (C=S) groups is 1. The van der Waals surface area contributed by atoms with E-state index in [0.29, 0.717) is 5.11 Å². The summed E-state index contributed by atoms with van der Waals surface area (Å²) in [5.41, 5.74) is 4.89. The molecule has 0 saturated heterocycles. The quantitative estimate of drug-likeness (QED) is 0.335. The number of rotatable bonds is 6. The van der Waals surface area contributed by atoms with Crippen LogP contribution in [0.15, 0.2) is 102 Å². The molecule has 0 aliphatic heterocycles. The van der Waals surface area contributed by atoms with Gasteiger partial charge < -0.3 is 10.6 Å². The van der Waals surface area contributed by atoms with Crippen molar-refractivity contribution in [2.24, 2.45) is 0 Å². The number of allylic oxidation sites excluding steroid dienone is 3. The third-order valence-corrected chi connectivity index (χ3v) is 8.33. The van der Waals surface area contributed by atoms with Crippen LogP contribution in [0.25, 0.3) is 0 Å². The molecule has 4 rings (SSSR count). The van der Waals surface area contributed by atoms with Crippen molar-refractivity contribution in [3.05, 3.63) is 113 Å². The average Bonchev–Trinajstić information content (AvgIpc) is 3.24. The molecule has 0 bridgehead atoms. The zero-order valence-electron chi connectivity index (χ0n) is 18.8. The molecule has 1 atom stereocenters. The molecule has 2 nitrogen and oxygen atoms in total. The molecule has 0 aromatic heterocycles. The Morgan fingerprint density at radius 3 is 2.00 bits per heavy atom. The third kappa shape index (κ3) is 5.35. The van der Waals surface area contributed by atoms with E-state index in [4.69, 9.17) is 12.2 Å². The molecular weight excluding hydrogens is 427 g/mol. The lowest BCUT2D eigenvalue weighted by atomic mass is 10.1. The number of anilines is 1. The van der Waals surface area contributed by atoms with Crippen LogP contribution in [-0.2, 0) is 0 Å². The van der Waals surface area contributed by atoms with Gasteiger partial charge in [0, 0.05) is 11.7 Å². The predicted molar refractivity (Wildman–Crippen MR) is 145 cm³/mol. The van der Waals surface area contributed by atoms with Gasteiger partial charge in [-0.1, -0.05) is 78.9 Å². The van der Waals surface area contributed by atoms with Crippen molar-refractivity contribution in [1.82, 2.24) is 5.32 Å². The van der Waals surface area contributed by atoms with Crippen LogP contribution < -0.4 is 21.2 Å². The molecule has 0 fully saturated rings. The van der Waals surface area contributed by atoms with Crippen molar-refractivity contribution in [2.75, 3.05) is 5.32 Å². The fraction of sp³-hybridized carbons (Fsp3) is 0.179. The van der Waals surface area contributed by atoms with Crippen molar-refractivity contribution < 1.29 is 0 Å². The zero-order valence-corrected chi connectivity index (χ0v) is 20.5. The van der Waals surface area contributed by atoms with E-state index in [9.17, 15) is 0 Å². The molecule has 0 heterocycles. The Bertz CT molecular complexity index is 1090. The van der Waals surface area contributed by atoms with Crippen LogP contribution in [0.1, 0.15) is 24.5 Å². The molecule has 2 N–H and O–H groups in total. The molecule has 0 radical (unpaired) electrons. The maximum atomic E-state index is 5.67. The number of hydrogen-bond donors (Lipinski definition) is 2. The lowest BCUT2D eigenvalue weighted by Crippen LogP contribution is -2.37. The molecule has 3 aromatic carbocycles. The van der Waals surface area contributed by atoms with Gasteiger partial charge in [0.2, 0.25) is 0 Å². The minimum atomic E-state index is -0.616. The fourth-order valence-electron chi connectivity index (χ4n) is 4.21. The normalized spacial score (nSPS) is 14.0. The molecule has 3 aromatic rings. The summed E-state index contributed by atoms with van der Waals surface area (Å²) in [6.07, 6.45) is 5.55. The molecule has 162 valence electrons. The molecule has 0 unspecified atom stereocenters. The second-order valence-electron chi connectivity index (χ2n) is 8.22. The van der Waals surface area contributed by atoms with E-state index in [0.717, 1.165) is 12.1 Å². The van der Waals surface area contributed by atoms with E-state index in [1.54, 1.807) is 0 Å². The Morgan fingerprint density at radius 1 is 0.875 bits per heavy atom. The lowest BCUT2D eigenvalue weighted by Gasteiger charge is -2.25. The molecule has 0 saturated carbocycles. The fourth-order valence-corrected chi connectivity index (χ4v) is 7.12. The summed E-state index contributed by atoms with van der Waals surface area (Å²) in [6.45, 7) is 6.42. The average molecular weight is 457 g/mol. The van der Waals surface area contributed by atoms with Crippen LogP contribution in [-0.4, -0.2) is 11.2 Å². The summed E-state index contributed by atoms with van der Waals surface area (Å²) >= 11 is 5.67. The number of nitrogens with one attached hydrogen (secondary N) is 2. The van der Waals surface area contributed by atoms with Gasteiger partial charge in [-0.3, -0.25) is 0 Å². The van der Waals surface area contributed by atoms with E-state index in [-0.39, 0.29) is 6.04 Å². The van der Waals surface area contributed by atoms with Crippen molar-refractivity contribution in [1.29, 1.82) is 0 Å². The van der Waals surface area contributed by atoms with Crippen molar-refractivity contribution in [3.8, 4) is 0 Å². The van der Waals surface area contributed by atoms with Crippen molar-refractivity contribution in [3.63, 3.8) is 0 Å². The Labute approximate surface area is 198 Å². The SMILES string of the molecule is Cc1cc(C)cc(NC(=S)N[C@H](C)C2=C(P(c3ccccc3)c3ccccc3)C=CC2)c1. The van der Waals surface area contributed by atoms with E-state index in [2.05, 4.69) is 122 Å². The topological polar surface area (TPSA) is 24.1 Å².